The zero-order valence-corrected chi connectivity index (χ0v) is 10.5. The highest BCUT2D eigenvalue weighted by molar-refractivity contribution is 5.73. The van der Waals surface area contributed by atoms with Crippen LogP contribution in [0.3, 0.4) is 0 Å². The molecule has 19 heavy (non-hydrogen) atoms. The van der Waals surface area contributed by atoms with Crippen molar-refractivity contribution < 1.29 is 0 Å². The SMILES string of the molecule is c1ccc(CN2CC2n2nc3ccccc3n2)cc1. The van der Waals surface area contributed by atoms with E-state index in [4.69, 9.17) is 0 Å². The van der Waals surface area contributed by atoms with E-state index in [2.05, 4.69) is 39.4 Å². The van der Waals surface area contributed by atoms with Gasteiger partial charge in [0.05, 0.1) is 0 Å². The molecule has 2 aromatic carbocycles. The Balaban J connectivity index is 1.53. The topological polar surface area (TPSA) is 33.7 Å². The predicted octanol–water partition coefficient (Wildman–Crippen LogP) is 2.45. The van der Waals surface area contributed by atoms with Crippen LogP contribution >= 0.6 is 0 Å². The highest BCUT2D eigenvalue weighted by Crippen LogP contribution is 2.30. The highest BCUT2D eigenvalue weighted by atomic mass is 15.6. The van der Waals surface area contributed by atoms with Gasteiger partial charge in [0.2, 0.25) is 0 Å². The van der Waals surface area contributed by atoms with Crippen LogP contribution in [0.25, 0.3) is 11.0 Å². The Morgan fingerprint density at radius 2 is 1.53 bits per heavy atom. The van der Waals surface area contributed by atoms with E-state index in [1.165, 1.54) is 5.56 Å². The van der Waals surface area contributed by atoms with E-state index in [-0.39, 0.29) is 0 Å². The number of nitrogens with zero attached hydrogens (tertiary/aromatic N) is 4. The Bertz CT molecular complexity index is 671. The summed E-state index contributed by atoms with van der Waals surface area (Å²) in [4.78, 5) is 4.20. The molecular formula is C15H14N4. The molecule has 1 saturated heterocycles. The van der Waals surface area contributed by atoms with Crippen molar-refractivity contribution in [1.82, 2.24) is 19.9 Å². The van der Waals surface area contributed by atoms with Gasteiger partial charge in [0, 0.05) is 13.1 Å². The zero-order chi connectivity index (χ0) is 12.7. The maximum atomic E-state index is 4.53. The van der Waals surface area contributed by atoms with Gasteiger partial charge in [-0.3, -0.25) is 4.90 Å². The molecule has 3 aromatic rings. The van der Waals surface area contributed by atoms with Gasteiger partial charge >= 0.3 is 0 Å². The summed E-state index contributed by atoms with van der Waals surface area (Å²) in [5.74, 6) is 0. The maximum absolute atomic E-state index is 4.53. The van der Waals surface area contributed by atoms with Gasteiger partial charge in [0.1, 0.15) is 17.2 Å². The molecule has 1 fully saturated rings. The summed E-state index contributed by atoms with van der Waals surface area (Å²) in [6.07, 6.45) is 0.313. The molecule has 0 bridgehead atoms. The van der Waals surface area contributed by atoms with Crippen LogP contribution in [0.4, 0.5) is 0 Å². The first-order valence-corrected chi connectivity index (χ1v) is 6.50. The zero-order valence-electron chi connectivity index (χ0n) is 10.5. The van der Waals surface area contributed by atoms with Crippen LogP contribution in [0.1, 0.15) is 11.7 Å². The second kappa shape index (κ2) is 4.17. The van der Waals surface area contributed by atoms with Gasteiger partial charge in [-0.25, -0.2) is 0 Å². The van der Waals surface area contributed by atoms with Crippen LogP contribution in [0, 0.1) is 0 Å². The number of aromatic nitrogens is 3. The molecule has 1 aromatic heterocycles. The normalized spacial score (nSPS) is 21.7. The molecule has 1 aliphatic rings. The molecule has 2 heterocycles. The average molecular weight is 250 g/mol. The van der Waals surface area contributed by atoms with Crippen LogP contribution < -0.4 is 0 Å². The van der Waals surface area contributed by atoms with Gasteiger partial charge in [-0.1, -0.05) is 42.5 Å². The molecule has 0 saturated carbocycles. The first-order chi connectivity index (χ1) is 9.40. The fraction of sp³-hybridized carbons (Fsp3) is 0.200. The first kappa shape index (κ1) is 10.7. The Hall–Kier alpha value is -2.20. The molecule has 1 aliphatic heterocycles. The number of benzene rings is 2. The minimum Gasteiger partial charge on any atom is -0.271 e. The van der Waals surface area contributed by atoms with Gasteiger partial charge in [-0.05, 0) is 17.7 Å². The Morgan fingerprint density at radius 3 is 2.21 bits per heavy atom. The number of fused-ring (bicyclic) bond motifs is 1. The Kier molecular flexibility index (Phi) is 2.35. The molecule has 4 heteroatoms. The smallest absolute Gasteiger partial charge is 0.137 e. The number of hydrogen-bond donors (Lipinski definition) is 0. The molecule has 0 spiro atoms. The third-order valence-corrected chi connectivity index (χ3v) is 3.48. The first-order valence-electron chi connectivity index (χ1n) is 6.50. The van der Waals surface area contributed by atoms with Crippen molar-refractivity contribution >= 4 is 11.0 Å². The maximum Gasteiger partial charge on any atom is 0.137 e. The fourth-order valence-electron chi connectivity index (χ4n) is 2.38. The van der Waals surface area contributed by atoms with Crippen LogP contribution in [0.2, 0.25) is 0 Å². The lowest BCUT2D eigenvalue weighted by Crippen LogP contribution is -2.06. The molecule has 0 aliphatic carbocycles. The second-order valence-corrected chi connectivity index (χ2v) is 4.90. The van der Waals surface area contributed by atoms with Crippen molar-refractivity contribution in [3.05, 3.63) is 60.2 Å². The van der Waals surface area contributed by atoms with Crippen molar-refractivity contribution in [3.63, 3.8) is 0 Å². The van der Waals surface area contributed by atoms with E-state index in [0.717, 1.165) is 24.1 Å². The summed E-state index contributed by atoms with van der Waals surface area (Å²) in [5, 5.41) is 9.06. The van der Waals surface area contributed by atoms with Gasteiger partial charge in [0.15, 0.2) is 0 Å². The molecule has 0 N–H and O–H groups in total. The lowest BCUT2D eigenvalue weighted by molar-refractivity contribution is 0.397. The molecule has 2 unspecified atom stereocenters. The van der Waals surface area contributed by atoms with E-state index in [9.17, 15) is 0 Å². The van der Waals surface area contributed by atoms with Crippen molar-refractivity contribution in [2.75, 3.05) is 6.54 Å². The summed E-state index contributed by atoms with van der Waals surface area (Å²) in [7, 11) is 0. The van der Waals surface area contributed by atoms with Crippen LogP contribution in [0.5, 0.6) is 0 Å². The van der Waals surface area contributed by atoms with Gasteiger partial charge in [-0.15, -0.1) is 0 Å². The summed E-state index contributed by atoms with van der Waals surface area (Å²) < 4.78 is 0. The molecule has 0 amide bonds. The molecule has 94 valence electrons. The highest BCUT2D eigenvalue weighted by Gasteiger charge is 2.37. The average Bonchev–Trinajstić information content (AvgIpc) is 3.08. The summed E-state index contributed by atoms with van der Waals surface area (Å²) in [6.45, 7) is 1.99. The monoisotopic (exact) mass is 250 g/mol. The van der Waals surface area contributed by atoms with E-state index < -0.39 is 0 Å². The molecule has 0 radical (unpaired) electrons. The lowest BCUT2D eigenvalue weighted by Gasteiger charge is -2.02. The van der Waals surface area contributed by atoms with E-state index in [1.54, 1.807) is 0 Å². The number of hydrogen-bond acceptors (Lipinski definition) is 3. The molecule has 4 rings (SSSR count). The summed E-state index contributed by atoms with van der Waals surface area (Å²) >= 11 is 0. The minimum absolute atomic E-state index is 0.313. The molecule has 2 atom stereocenters. The van der Waals surface area contributed by atoms with Crippen LogP contribution in [-0.4, -0.2) is 26.4 Å². The van der Waals surface area contributed by atoms with Crippen molar-refractivity contribution in [2.24, 2.45) is 0 Å². The molecular weight excluding hydrogens is 236 g/mol. The Morgan fingerprint density at radius 1 is 0.895 bits per heavy atom. The van der Waals surface area contributed by atoms with E-state index in [1.807, 2.05) is 35.1 Å². The van der Waals surface area contributed by atoms with Crippen LogP contribution in [-0.2, 0) is 6.54 Å². The van der Waals surface area contributed by atoms with Gasteiger partial charge in [-0.2, -0.15) is 15.0 Å². The van der Waals surface area contributed by atoms with Gasteiger partial charge < -0.3 is 0 Å². The summed E-state index contributed by atoms with van der Waals surface area (Å²) in [6, 6.07) is 18.5. The van der Waals surface area contributed by atoms with E-state index >= 15 is 0 Å². The summed E-state index contributed by atoms with van der Waals surface area (Å²) in [5.41, 5.74) is 3.27. The lowest BCUT2D eigenvalue weighted by atomic mass is 10.2. The predicted molar refractivity (Wildman–Crippen MR) is 73.4 cm³/mol. The third-order valence-electron chi connectivity index (χ3n) is 3.48. The van der Waals surface area contributed by atoms with Crippen molar-refractivity contribution in [3.8, 4) is 0 Å². The fourth-order valence-corrected chi connectivity index (χ4v) is 2.38. The molecule has 4 nitrogen and oxygen atoms in total. The quantitative estimate of drug-likeness (QED) is 0.669. The van der Waals surface area contributed by atoms with Crippen LogP contribution in [0.15, 0.2) is 54.6 Å². The third kappa shape index (κ3) is 2.00. The van der Waals surface area contributed by atoms with Crippen molar-refractivity contribution in [2.45, 2.75) is 12.7 Å². The minimum atomic E-state index is 0.313. The van der Waals surface area contributed by atoms with E-state index in [0.29, 0.717) is 6.17 Å². The largest absolute Gasteiger partial charge is 0.271 e. The van der Waals surface area contributed by atoms with Gasteiger partial charge in [0.25, 0.3) is 0 Å². The number of rotatable bonds is 3. The standard InChI is InChI=1S/C15H14N4/c1-2-6-12(7-3-1)10-18-11-15(18)19-16-13-8-4-5-9-14(13)17-19/h1-9,15H,10-11H2. The van der Waals surface area contributed by atoms with Crippen molar-refractivity contribution in [1.29, 1.82) is 0 Å². The Labute approximate surface area is 111 Å². The second-order valence-electron chi connectivity index (χ2n) is 4.90.